The minimum Gasteiger partial charge on any atom is -0.370 e. The number of nitro benzene ring substituents is 1. The van der Waals surface area contributed by atoms with E-state index in [1.165, 1.54) is 42.4 Å². The smallest absolute Gasteiger partial charge is 0.269 e. The van der Waals surface area contributed by atoms with Gasteiger partial charge in [-0.25, -0.2) is 4.39 Å². The molecule has 0 aromatic heterocycles. The van der Waals surface area contributed by atoms with Gasteiger partial charge in [0.25, 0.3) is 5.69 Å². The third-order valence-corrected chi connectivity index (χ3v) is 5.75. The molecule has 0 spiro atoms. The average molecular weight is 403 g/mol. The Morgan fingerprint density at radius 1 is 1.18 bits per heavy atom. The Bertz CT molecular complexity index is 854. The molecule has 8 heteroatoms. The Morgan fingerprint density at radius 2 is 1.86 bits per heavy atom. The molecule has 1 heterocycles. The monoisotopic (exact) mass is 403 g/mol. The van der Waals surface area contributed by atoms with E-state index < -0.39 is 16.0 Å². The van der Waals surface area contributed by atoms with Crippen LogP contribution in [0.4, 0.5) is 21.5 Å². The van der Waals surface area contributed by atoms with Crippen LogP contribution in [-0.2, 0) is 4.79 Å². The molecule has 2 aromatic carbocycles. The molecule has 1 N–H and O–H groups in total. The lowest BCUT2D eigenvalue weighted by Gasteiger charge is -2.30. The van der Waals surface area contributed by atoms with Gasteiger partial charge in [-0.3, -0.25) is 14.9 Å². The Morgan fingerprint density at radius 3 is 2.50 bits per heavy atom. The zero-order valence-electron chi connectivity index (χ0n) is 15.6. The first-order valence-corrected chi connectivity index (χ1v) is 10.1. The number of nitro groups is 1. The first-order valence-electron chi connectivity index (χ1n) is 9.20. The summed E-state index contributed by atoms with van der Waals surface area (Å²) in [6.45, 7) is 3.53. The number of halogens is 1. The fourth-order valence-corrected chi connectivity index (χ4v) is 4.02. The third-order valence-electron chi connectivity index (χ3n) is 4.64. The zero-order chi connectivity index (χ0) is 20.1. The van der Waals surface area contributed by atoms with Gasteiger partial charge >= 0.3 is 0 Å². The number of anilines is 2. The van der Waals surface area contributed by atoms with Crippen LogP contribution in [0.25, 0.3) is 0 Å². The van der Waals surface area contributed by atoms with Gasteiger partial charge in [-0.1, -0.05) is 0 Å². The Kier molecular flexibility index (Phi) is 6.51. The lowest BCUT2D eigenvalue weighted by atomic mass is 10.1. The fourth-order valence-electron chi connectivity index (χ4n) is 3.16. The van der Waals surface area contributed by atoms with E-state index in [9.17, 15) is 19.3 Å². The number of carbonyl (C=O) groups is 1. The number of hydrogen-bond donors (Lipinski definition) is 1. The number of thioether (sulfide) groups is 1. The van der Waals surface area contributed by atoms with Crippen molar-refractivity contribution in [1.82, 2.24) is 0 Å². The van der Waals surface area contributed by atoms with Gasteiger partial charge in [0, 0.05) is 30.1 Å². The lowest BCUT2D eigenvalue weighted by molar-refractivity contribution is -0.384. The van der Waals surface area contributed by atoms with Crippen LogP contribution in [0.3, 0.4) is 0 Å². The molecule has 2 aromatic rings. The molecule has 0 saturated carbocycles. The number of nitrogens with zero attached hydrogens (tertiary/aromatic N) is 2. The van der Waals surface area contributed by atoms with Crippen molar-refractivity contribution in [2.24, 2.45) is 0 Å². The number of non-ortho nitro benzene ring substituents is 1. The van der Waals surface area contributed by atoms with Gasteiger partial charge in [-0.05, 0) is 56.5 Å². The maximum atomic E-state index is 13.8. The highest BCUT2D eigenvalue weighted by Gasteiger charge is 2.20. The summed E-state index contributed by atoms with van der Waals surface area (Å²) in [7, 11) is 0. The topological polar surface area (TPSA) is 75.5 Å². The van der Waals surface area contributed by atoms with E-state index in [0.717, 1.165) is 36.5 Å². The molecule has 28 heavy (non-hydrogen) atoms. The van der Waals surface area contributed by atoms with Crippen molar-refractivity contribution in [3.8, 4) is 0 Å². The highest BCUT2D eigenvalue weighted by atomic mass is 32.2. The molecular formula is C20H22FN3O3S. The minimum atomic E-state index is -0.462. The van der Waals surface area contributed by atoms with E-state index in [1.807, 2.05) is 0 Å². The molecule has 1 aliphatic heterocycles. The molecule has 0 radical (unpaired) electrons. The summed E-state index contributed by atoms with van der Waals surface area (Å²) < 4.78 is 13.8. The number of hydrogen-bond acceptors (Lipinski definition) is 5. The summed E-state index contributed by atoms with van der Waals surface area (Å²) in [5.74, 6) is -0.640. The van der Waals surface area contributed by atoms with Crippen molar-refractivity contribution in [1.29, 1.82) is 0 Å². The Labute approximate surface area is 167 Å². The Hall–Kier alpha value is -2.61. The molecule has 1 aliphatic rings. The molecule has 1 fully saturated rings. The number of piperidine rings is 1. The summed E-state index contributed by atoms with van der Waals surface area (Å²) in [4.78, 5) is 25.9. The van der Waals surface area contributed by atoms with Crippen molar-refractivity contribution in [3.05, 3.63) is 58.4 Å². The highest BCUT2D eigenvalue weighted by Crippen LogP contribution is 2.31. The first-order chi connectivity index (χ1) is 13.4. The quantitative estimate of drug-likeness (QED) is 0.424. The molecule has 1 atom stereocenters. The second-order valence-electron chi connectivity index (χ2n) is 6.71. The predicted molar refractivity (Wildman–Crippen MR) is 110 cm³/mol. The highest BCUT2D eigenvalue weighted by molar-refractivity contribution is 8.00. The van der Waals surface area contributed by atoms with Gasteiger partial charge in [0.15, 0.2) is 0 Å². The SMILES string of the molecule is CC(Sc1ccc([N+](=O)[O-])cc1)C(=O)Nc1cc(F)ccc1N1CCCCC1. The molecule has 1 unspecified atom stereocenters. The van der Waals surface area contributed by atoms with Crippen molar-refractivity contribution in [2.75, 3.05) is 23.3 Å². The number of nitrogens with one attached hydrogen (secondary N) is 1. The number of amides is 1. The summed E-state index contributed by atoms with van der Waals surface area (Å²) >= 11 is 1.29. The number of benzene rings is 2. The van der Waals surface area contributed by atoms with E-state index in [2.05, 4.69) is 10.2 Å². The summed E-state index contributed by atoms with van der Waals surface area (Å²) in [6.07, 6.45) is 3.34. The van der Waals surface area contributed by atoms with E-state index in [1.54, 1.807) is 25.1 Å². The molecular weight excluding hydrogens is 381 g/mol. The van der Waals surface area contributed by atoms with Gasteiger partial charge in [0.05, 0.1) is 21.5 Å². The standard InChI is InChI=1S/C20H22FN3O3S/c1-14(28-17-8-6-16(7-9-17)24(26)27)20(25)22-18-13-15(21)5-10-19(18)23-11-3-2-4-12-23/h5-10,13-14H,2-4,11-12H2,1H3,(H,22,25). The van der Waals surface area contributed by atoms with Crippen LogP contribution in [0, 0.1) is 15.9 Å². The molecule has 0 bridgehead atoms. The van der Waals surface area contributed by atoms with Gasteiger partial charge in [0.1, 0.15) is 5.82 Å². The summed E-state index contributed by atoms with van der Waals surface area (Å²) in [6, 6.07) is 10.5. The van der Waals surface area contributed by atoms with Crippen molar-refractivity contribution >= 4 is 34.7 Å². The largest absolute Gasteiger partial charge is 0.370 e. The van der Waals surface area contributed by atoms with E-state index >= 15 is 0 Å². The second-order valence-corrected chi connectivity index (χ2v) is 8.12. The van der Waals surface area contributed by atoms with Gasteiger partial charge < -0.3 is 10.2 Å². The van der Waals surface area contributed by atoms with Crippen LogP contribution in [0.2, 0.25) is 0 Å². The van der Waals surface area contributed by atoms with Crippen molar-refractivity contribution in [2.45, 2.75) is 36.3 Å². The van der Waals surface area contributed by atoms with Gasteiger partial charge in [-0.15, -0.1) is 11.8 Å². The minimum absolute atomic E-state index is 0.00684. The van der Waals surface area contributed by atoms with Crippen LogP contribution in [0.5, 0.6) is 0 Å². The molecule has 0 aliphatic carbocycles. The average Bonchev–Trinajstić information content (AvgIpc) is 2.69. The fraction of sp³-hybridized carbons (Fsp3) is 0.350. The normalized spacial score (nSPS) is 15.1. The molecule has 1 amide bonds. The van der Waals surface area contributed by atoms with Crippen LogP contribution >= 0.6 is 11.8 Å². The van der Waals surface area contributed by atoms with Crippen molar-refractivity contribution < 1.29 is 14.1 Å². The van der Waals surface area contributed by atoms with E-state index in [4.69, 9.17) is 0 Å². The van der Waals surface area contributed by atoms with Crippen LogP contribution in [0.15, 0.2) is 47.4 Å². The Balaban J connectivity index is 1.69. The summed E-state index contributed by atoms with van der Waals surface area (Å²) in [5, 5.41) is 13.1. The lowest BCUT2D eigenvalue weighted by Crippen LogP contribution is -2.31. The molecule has 148 valence electrons. The number of rotatable bonds is 6. The van der Waals surface area contributed by atoms with E-state index in [0.29, 0.717) is 5.69 Å². The number of carbonyl (C=O) groups excluding carboxylic acids is 1. The zero-order valence-corrected chi connectivity index (χ0v) is 16.4. The third kappa shape index (κ3) is 5.01. The maximum Gasteiger partial charge on any atom is 0.269 e. The molecule has 1 saturated heterocycles. The second kappa shape index (κ2) is 9.05. The predicted octanol–water partition coefficient (Wildman–Crippen LogP) is 4.84. The van der Waals surface area contributed by atoms with E-state index in [-0.39, 0.29) is 11.6 Å². The van der Waals surface area contributed by atoms with Crippen LogP contribution in [0.1, 0.15) is 26.2 Å². The van der Waals surface area contributed by atoms with Gasteiger partial charge in [0.2, 0.25) is 5.91 Å². The molecule has 6 nitrogen and oxygen atoms in total. The molecule has 3 rings (SSSR count). The van der Waals surface area contributed by atoms with Crippen LogP contribution < -0.4 is 10.2 Å². The van der Waals surface area contributed by atoms with Gasteiger partial charge in [-0.2, -0.15) is 0 Å². The summed E-state index contributed by atoms with van der Waals surface area (Å²) in [5.41, 5.74) is 1.32. The first kappa shape index (κ1) is 20.1. The van der Waals surface area contributed by atoms with Crippen LogP contribution in [-0.4, -0.2) is 29.2 Å². The maximum absolute atomic E-state index is 13.8. The van der Waals surface area contributed by atoms with Crippen molar-refractivity contribution in [3.63, 3.8) is 0 Å².